The van der Waals surface area contributed by atoms with Crippen LogP contribution in [-0.4, -0.2) is 53.5 Å². The number of hydrogen-bond donors (Lipinski definition) is 0. The third-order valence-corrected chi connectivity index (χ3v) is 4.63. The molecule has 2 aromatic rings. The van der Waals surface area contributed by atoms with Crippen molar-refractivity contribution in [3.63, 3.8) is 0 Å². The van der Waals surface area contributed by atoms with Crippen molar-refractivity contribution in [2.45, 2.75) is 6.92 Å². The van der Waals surface area contributed by atoms with E-state index in [0.29, 0.717) is 0 Å². The summed E-state index contributed by atoms with van der Waals surface area (Å²) in [5, 5.41) is 0. The standard InChI is InChI=1S/C18H23N3O/c1-14-16(18(22)21-11-9-19(2)10-12-21)13-17(20(14)3)15-7-5-4-6-8-15/h4-8,13H,9-12H2,1-3H3. The van der Waals surface area contributed by atoms with Gasteiger partial charge in [0, 0.05) is 44.6 Å². The maximum Gasteiger partial charge on any atom is 0.255 e. The molecule has 4 heteroatoms. The summed E-state index contributed by atoms with van der Waals surface area (Å²) < 4.78 is 2.11. The Morgan fingerprint density at radius 2 is 1.64 bits per heavy atom. The molecular formula is C18H23N3O. The van der Waals surface area contributed by atoms with E-state index in [1.807, 2.05) is 43.1 Å². The van der Waals surface area contributed by atoms with E-state index in [2.05, 4.69) is 28.6 Å². The summed E-state index contributed by atoms with van der Waals surface area (Å²) in [4.78, 5) is 17.0. The normalized spacial score (nSPS) is 16.0. The van der Waals surface area contributed by atoms with Crippen LogP contribution in [-0.2, 0) is 7.05 Å². The molecule has 4 nitrogen and oxygen atoms in total. The fourth-order valence-corrected chi connectivity index (χ4v) is 2.98. The molecule has 0 N–H and O–H groups in total. The van der Waals surface area contributed by atoms with Gasteiger partial charge in [0.2, 0.25) is 0 Å². The van der Waals surface area contributed by atoms with Crippen LogP contribution in [0.1, 0.15) is 16.1 Å². The van der Waals surface area contributed by atoms with E-state index < -0.39 is 0 Å². The summed E-state index contributed by atoms with van der Waals surface area (Å²) >= 11 is 0. The van der Waals surface area contributed by atoms with Gasteiger partial charge in [0.1, 0.15) is 0 Å². The molecule has 3 rings (SSSR count). The summed E-state index contributed by atoms with van der Waals surface area (Å²) in [7, 11) is 4.13. The minimum Gasteiger partial charge on any atom is -0.347 e. The molecule has 1 aromatic carbocycles. The predicted octanol–water partition coefficient (Wildman–Crippen LogP) is 2.39. The highest BCUT2D eigenvalue weighted by Gasteiger charge is 2.24. The van der Waals surface area contributed by atoms with Crippen molar-refractivity contribution in [1.82, 2.24) is 14.4 Å². The lowest BCUT2D eigenvalue weighted by Gasteiger charge is -2.32. The minimum absolute atomic E-state index is 0.156. The Morgan fingerprint density at radius 3 is 2.27 bits per heavy atom. The molecule has 0 spiro atoms. The molecule has 116 valence electrons. The van der Waals surface area contributed by atoms with Crippen LogP contribution in [0, 0.1) is 6.92 Å². The highest BCUT2D eigenvalue weighted by molar-refractivity contribution is 5.97. The van der Waals surface area contributed by atoms with Crippen LogP contribution in [0.4, 0.5) is 0 Å². The van der Waals surface area contributed by atoms with E-state index in [0.717, 1.165) is 48.7 Å². The summed E-state index contributed by atoms with van der Waals surface area (Å²) in [6, 6.07) is 12.3. The smallest absolute Gasteiger partial charge is 0.255 e. The van der Waals surface area contributed by atoms with Crippen LogP contribution in [0.5, 0.6) is 0 Å². The minimum atomic E-state index is 0.156. The average Bonchev–Trinajstić information content (AvgIpc) is 2.84. The van der Waals surface area contributed by atoms with Gasteiger partial charge in [-0.05, 0) is 25.6 Å². The van der Waals surface area contributed by atoms with E-state index in [1.165, 1.54) is 0 Å². The van der Waals surface area contributed by atoms with Crippen molar-refractivity contribution in [2.75, 3.05) is 33.2 Å². The molecule has 0 radical (unpaired) electrons. The van der Waals surface area contributed by atoms with Gasteiger partial charge in [-0.1, -0.05) is 30.3 Å². The quantitative estimate of drug-likeness (QED) is 0.851. The zero-order chi connectivity index (χ0) is 15.7. The number of carbonyl (C=O) groups excluding carboxylic acids is 1. The van der Waals surface area contributed by atoms with Crippen molar-refractivity contribution >= 4 is 5.91 Å². The Morgan fingerprint density at radius 1 is 1.00 bits per heavy atom. The highest BCUT2D eigenvalue weighted by Crippen LogP contribution is 2.25. The average molecular weight is 297 g/mol. The van der Waals surface area contributed by atoms with Crippen LogP contribution in [0.2, 0.25) is 0 Å². The number of rotatable bonds is 2. The monoisotopic (exact) mass is 297 g/mol. The zero-order valence-corrected chi connectivity index (χ0v) is 13.5. The molecule has 0 bridgehead atoms. The highest BCUT2D eigenvalue weighted by atomic mass is 16.2. The van der Waals surface area contributed by atoms with Crippen LogP contribution >= 0.6 is 0 Å². The number of benzene rings is 1. The second-order valence-electron chi connectivity index (χ2n) is 6.05. The van der Waals surface area contributed by atoms with Gasteiger partial charge in [0.15, 0.2) is 0 Å². The molecule has 22 heavy (non-hydrogen) atoms. The van der Waals surface area contributed by atoms with Gasteiger partial charge < -0.3 is 14.4 Å². The summed E-state index contributed by atoms with van der Waals surface area (Å²) in [5.41, 5.74) is 4.09. The third kappa shape index (κ3) is 2.66. The molecule has 1 aliphatic heterocycles. The summed E-state index contributed by atoms with van der Waals surface area (Å²) in [6.45, 7) is 5.54. The maximum atomic E-state index is 12.8. The first-order valence-electron chi connectivity index (χ1n) is 7.77. The second-order valence-corrected chi connectivity index (χ2v) is 6.05. The van der Waals surface area contributed by atoms with E-state index in [-0.39, 0.29) is 5.91 Å². The molecule has 1 amide bonds. The molecule has 0 aliphatic carbocycles. The van der Waals surface area contributed by atoms with Crippen molar-refractivity contribution in [3.05, 3.63) is 47.7 Å². The molecule has 1 fully saturated rings. The molecule has 0 atom stereocenters. The SMILES string of the molecule is Cc1c(C(=O)N2CCN(C)CC2)cc(-c2ccccc2)n1C. The first kappa shape index (κ1) is 14.9. The fraction of sp³-hybridized carbons (Fsp3) is 0.389. The molecular weight excluding hydrogens is 274 g/mol. The number of hydrogen-bond acceptors (Lipinski definition) is 2. The first-order chi connectivity index (χ1) is 10.6. The lowest BCUT2D eigenvalue weighted by Crippen LogP contribution is -2.47. The molecule has 1 saturated heterocycles. The maximum absolute atomic E-state index is 12.8. The van der Waals surface area contributed by atoms with E-state index in [9.17, 15) is 4.79 Å². The number of aromatic nitrogens is 1. The van der Waals surface area contributed by atoms with Gasteiger partial charge in [-0.3, -0.25) is 4.79 Å². The molecule has 0 saturated carbocycles. The zero-order valence-electron chi connectivity index (χ0n) is 13.5. The Labute approximate surface area is 132 Å². The van der Waals surface area contributed by atoms with Crippen molar-refractivity contribution in [2.24, 2.45) is 7.05 Å². The fourth-order valence-electron chi connectivity index (χ4n) is 2.98. The second kappa shape index (κ2) is 5.97. The van der Waals surface area contributed by atoms with Crippen LogP contribution in [0.15, 0.2) is 36.4 Å². The molecule has 1 aliphatic rings. The van der Waals surface area contributed by atoms with Gasteiger partial charge in [-0.15, -0.1) is 0 Å². The van der Waals surface area contributed by atoms with Gasteiger partial charge in [0.25, 0.3) is 5.91 Å². The third-order valence-electron chi connectivity index (χ3n) is 4.63. The summed E-state index contributed by atoms with van der Waals surface area (Å²) in [6.07, 6.45) is 0. The van der Waals surface area contributed by atoms with E-state index in [1.54, 1.807) is 0 Å². The van der Waals surface area contributed by atoms with Crippen LogP contribution < -0.4 is 0 Å². The van der Waals surface area contributed by atoms with Crippen molar-refractivity contribution in [3.8, 4) is 11.3 Å². The molecule has 1 aromatic heterocycles. The lowest BCUT2D eigenvalue weighted by atomic mass is 10.1. The van der Waals surface area contributed by atoms with E-state index in [4.69, 9.17) is 0 Å². The lowest BCUT2D eigenvalue weighted by molar-refractivity contribution is 0.0663. The Hall–Kier alpha value is -2.07. The topological polar surface area (TPSA) is 28.5 Å². The van der Waals surface area contributed by atoms with Gasteiger partial charge >= 0.3 is 0 Å². The molecule has 2 heterocycles. The number of likely N-dealkylation sites (N-methyl/N-ethyl adjacent to an activating group) is 1. The largest absolute Gasteiger partial charge is 0.347 e. The number of amides is 1. The van der Waals surface area contributed by atoms with Gasteiger partial charge in [0.05, 0.1) is 5.56 Å². The number of carbonyl (C=O) groups is 1. The predicted molar refractivity (Wildman–Crippen MR) is 89.0 cm³/mol. The Kier molecular flexibility index (Phi) is 4.03. The first-order valence-corrected chi connectivity index (χ1v) is 7.77. The number of nitrogens with zero attached hydrogens (tertiary/aromatic N) is 3. The van der Waals surface area contributed by atoms with Crippen molar-refractivity contribution in [1.29, 1.82) is 0 Å². The van der Waals surface area contributed by atoms with Gasteiger partial charge in [-0.2, -0.15) is 0 Å². The van der Waals surface area contributed by atoms with Crippen LogP contribution in [0.25, 0.3) is 11.3 Å². The Balaban J connectivity index is 1.90. The Bertz CT molecular complexity index is 667. The number of piperazine rings is 1. The van der Waals surface area contributed by atoms with Gasteiger partial charge in [-0.25, -0.2) is 0 Å². The molecule has 0 unspecified atom stereocenters. The summed E-state index contributed by atoms with van der Waals surface area (Å²) in [5.74, 6) is 0.156. The van der Waals surface area contributed by atoms with Crippen LogP contribution in [0.3, 0.4) is 0 Å². The van der Waals surface area contributed by atoms with Crippen molar-refractivity contribution < 1.29 is 4.79 Å². The van der Waals surface area contributed by atoms with E-state index >= 15 is 0 Å².